The number of hydrogen-bond donors (Lipinski definition) is 1. The molecule has 0 aromatic rings. The predicted molar refractivity (Wildman–Crippen MR) is 72.2 cm³/mol. The molecule has 2 aliphatic rings. The van der Waals surface area contributed by atoms with Crippen molar-refractivity contribution in [1.82, 2.24) is 5.32 Å². The number of rotatable bonds is 4. The Balaban J connectivity index is 2.07. The predicted octanol–water partition coefficient (Wildman–Crippen LogP) is 3.50. The van der Waals surface area contributed by atoms with Crippen LogP contribution in [0.1, 0.15) is 64.2 Å². The second kappa shape index (κ2) is 6.19. The van der Waals surface area contributed by atoms with Crippen LogP contribution in [0.25, 0.3) is 0 Å². The molecule has 1 atom stereocenters. The van der Waals surface area contributed by atoms with Gasteiger partial charge in [0.2, 0.25) is 0 Å². The van der Waals surface area contributed by atoms with E-state index in [1.807, 2.05) is 7.11 Å². The standard InChI is InChI=1S/C15H29NO/c1-16-14(13-9-5-3-4-6-10-13)15(17-2)11-7-8-12-15/h13-14,16H,3-12H2,1-2H3. The number of methoxy groups -OCH3 is 1. The van der Waals surface area contributed by atoms with Crippen molar-refractivity contribution in [2.75, 3.05) is 14.2 Å². The molecule has 2 nitrogen and oxygen atoms in total. The van der Waals surface area contributed by atoms with Crippen molar-refractivity contribution in [3.63, 3.8) is 0 Å². The van der Waals surface area contributed by atoms with Crippen molar-refractivity contribution >= 4 is 0 Å². The second-order valence-electron chi connectivity index (χ2n) is 5.99. The first-order valence-electron chi connectivity index (χ1n) is 7.55. The molecule has 2 aliphatic carbocycles. The quantitative estimate of drug-likeness (QED) is 0.758. The highest BCUT2D eigenvalue weighted by molar-refractivity contribution is 4.99. The molecule has 17 heavy (non-hydrogen) atoms. The lowest BCUT2D eigenvalue weighted by Gasteiger charge is -2.41. The van der Waals surface area contributed by atoms with Gasteiger partial charge in [-0.3, -0.25) is 0 Å². The molecule has 2 fully saturated rings. The summed E-state index contributed by atoms with van der Waals surface area (Å²) in [5.41, 5.74) is 0.143. The Hall–Kier alpha value is -0.0800. The van der Waals surface area contributed by atoms with Crippen LogP contribution < -0.4 is 5.32 Å². The third kappa shape index (κ3) is 2.85. The van der Waals surface area contributed by atoms with Gasteiger partial charge in [0.1, 0.15) is 0 Å². The average Bonchev–Trinajstić information content (AvgIpc) is 2.68. The summed E-state index contributed by atoms with van der Waals surface area (Å²) >= 11 is 0. The van der Waals surface area contributed by atoms with Crippen molar-refractivity contribution in [1.29, 1.82) is 0 Å². The van der Waals surface area contributed by atoms with Gasteiger partial charge in [-0.1, -0.05) is 38.5 Å². The third-order valence-corrected chi connectivity index (χ3v) is 5.11. The van der Waals surface area contributed by atoms with Crippen LogP contribution in [-0.4, -0.2) is 25.8 Å². The molecule has 0 aromatic carbocycles. The monoisotopic (exact) mass is 239 g/mol. The van der Waals surface area contributed by atoms with E-state index in [9.17, 15) is 0 Å². The topological polar surface area (TPSA) is 21.3 Å². The van der Waals surface area contributed by atoms with Crippen LogP contribution in [0.3, 0.4) is 0 Å². The van der Waals surface area contributed by atoms with Gasteiger partial charge in [-0.15, -0.1) is 0 Å². The first-order chi connectivity index (χ1) is 8.32. The van der Waals surface area contributed by atoms with Crippen LogP contribution in [0, 0.1) is 5.92 Å². The molecular formula is C15H29NO. The molecule has 0 spiro atoms. The minimum atomic E-state index is 0.143. The number of ether oxygens (including phenoxy) is 1. The fourth-order valence-electron chi connectivity index (χ4n) is 4.19. The van der Waals surface area contributed by atoms with E-state index < -0.39 is 0 Å². The van der Waals surface area contributed by atoms with Gasteiger partial charge in [-0.2, -0.15) is 0 Å². The van der Waals surface area contributed by atoms with E-state index in [0.717, 1.165) is 5.92 Å². The van der Waals surface area contributed by atoms with Gasteiger partial charge >= 0.3 is 0 Å². The molecule has 0 aromatic heterocycles. The van der Waals surface area contributed by atoms with Crippen LogP contribution in [0.15, 0.2) is 0 Å². The summed E-state index contributed by atoms with van der Waals surface area (Å²) in [6, 6.07) is 0.577. The van der Waals surface area contributed by atoms with E-state index in [1.165, 1.54) is 64.2 Å². The maximum atomic E-state index is 5.98. The number of likely N-dealkylation sites (N-methyl/N-ethyl adjacent to an activating group) is 1. The Morgan fingerprint density at radius 1 is 1.00 bits per heavy atom. The normalized spacial score (nSPS) is 27.9. The van der Waals surface area contributed by atoms with Gasteiger partial charge < -0.3 is 10.1 Å². The highest BCUT2D eigenvalue weighted by Crippen LogP contribution is 2.41. The summed E-state index contributed by atoms with van der Waals surface area (Å²) in [7, 11) is 4.06. The van der Waals surface area contributed by atoms with Crippen LogP contribution in [0.2, 0.25) is 0 Å². The number of nitrogens with one attached hydrogen (secondary N) is 1. The maximum Gasteiger partial charge on any atom is 0.0833 e. The SMILES string of the molecule is CNC(C1CCCCCC1)C1(OC)CCCC1. The maximum absolute atomic E-state index is 5.98. The molecule has 0 amide bonds. The van der Waals surface area contributed by atoms with Crippen molar-refractivity contribution < 1.29 is 4.74 Å². The minimum Gasteiger partial charge on any atom is -0.377 e. The summed E-state index contributed by atoms with van der Waals surface area (Å²) in [5.74, 6) is 0.834. The fourth-order valence-corrected chi connectivity index (χ4v) is 4.19. The first-order valence-corrected chi connectivity index (χ1v) is 7.55. The highest BCUT2D eigenvalue weighted by Gasteiger charge is 2.44. The summed E-state index contributed by atoms with van der Waals surface area (Å²) in [6.45, 7) is 0. The molecule has 1 unspecified atom stereocenters. The van der Waals surface area contributed by atoms with Gasteiger partial charge in [0.25, 0.3) is 0 Å². The van der Waals surface area contributed by atoms with Crippen molar-refractivity contribution in [3.8, 4) is 0 Å². The van der Waals surface area contributed by atoms with E-state index in [0.29, 0.717) is 6.04 Å². The number of hydrogen-bond acceptors (Lipinski definition) is 2. The second-order valence-corrected chi connectivity index (χ2v) is 5.99. The smallest absolute Gasteiger partial charge is 0.0833 e. The summed E-state index contributed by atoms with van der Waals surface area (Å²) < 4.78 is 5.98. The van der Waals surface area contributed by atoms with E-state index in [1.54, 1.807) is 0 Å². The van der Waals surface area contributed by atoms with Gasteiger partial charge in [0.15, 0.2) is 0 Å². The van der Waals surface area contributed by atoms with Gasteiger partial charge in [0.05, 0.1) is 5.60 Å². The Labute approximate surface area is 107 Å². The van der Waals surface area contributed by atoms with Crippen molar-refractivity contribution in [2.45, 2.75) is 75.9 Å². The summed E-state index contributed by atoms with van der Waals surface area (Å²) in [6.07, 6.45) is 13.7. The van der Waals surface area contributed by atoms with Gasteiger partial charge in [-0.05, 0) is 38.6 Å². The van der Waals surface area contributed by atoms with E-state index in [4.69, 9.17) is 4.74 Å². The first kappa shape index (κ1) is 13.4. The zero-order chi connectivity index (χ0) is 12.1. The van der Waals surface area contributed by atoms with Gasteiger partial charge in [0, 0.05) is 13.2 Å². The molecular weight excluding hydrogens is 210 g/mol. The summed E-state index contributed by atoms with van der Waals surface area (Å²) in [4.78, 5) is 0. The lowest BCUT2D eigenvalue weighted by Crippen LogP contribution is -2.53. The average molecular weight is 239 g/mol. The molecule has 0 bridgehead atoms. The van der Waals surface area contributed by atoms with E-state index in [-0.39, 0.29) is 5.60 Å². The zero-order valence-electron chi connectivity index (χ0n) is 11.6. The lowest BCUT2D eigenvalue weighted by molar-refractivity contribution is -0.0517. The van der Waals surface area contributed by atoms with E-state index in [2.05, 4.69) is 12.4 Å². The van der Waals surface area contributed by atoms with Crippen LogP contribution in [0.5, 0.6) is 0 Å². The van der Waals surface area contributed by atoms with Crippen molar-refractivity contribution in [3.05, 3.63) is 0 Å². The lowest BCUT2D eigenvalue weighted by atomic mass is 9.79. The molecule has 1 N–H and O–H groups in total. The van der Waals surface area contributed by atoms with E-state index >= 15 is 0 Å². The Morgan fingerprint density at radius 2 is 1.59 bits per heavy atom. The van der Waals surface area contributed by atoms with Crippen LogP contribution in [0.4, 0.5) is 0 Å². The van der Waals surface area contributed by atoms with Crippen LogP contribution in [-0.2, 0) is 4.74 Å². The Kier molecular flexibility index (Phi) is 4.87. The Bertz CT molecular complexity index is 215. The molecule has 2 saturated carbocycles. The molecule has 0 radical (unpaired) electrons. The third-order valence-electron chi connectivity index (χ3n) is 5.11. The molecule has 2 rings (SSSR count). The molecule has 100 valence electrons. The molecule has 0 aliphatic heterocycles. The fraction of sp³-hybridized carbons (Fsp3) is 1.00. The minimum absolute atomic E-state index is 0.143. The zero-order valence-corrected chi connectivity index (χ0v) is 11.6. The Morgan fingerprint density at radius 3 is 2.06 bits per heavy atom. The molecule has 0 saturated heterocycles. The van der Waals surface area contributed by atoms with Crippen molar-refractivity contribution in [2.24, 2.45) is 5.92 Å². The highest BCUT2D eigenvalue weighted by atomic mass is 16.5. The largest absolute Gasteiger partial charge is 0.377 e. The van der Waals surface area contributed by atoms with Crippen LogP contribution >= 0.6 is 0 Å². The molecule has 0 heterocycles. The summed E-state index contributed by atoms with van der Waals surface area (Å²) in [5, 5.41) is 3.61. The van der Waals surface area contributed by atoms with Gasteiger partial charge in [-0.25, -0.2) is 0 Å². The molecule has 2 heteroatoms.